The van der Waals surface area contributed by atoms with Crippen molar-refractivity contribution in [3.05, 3.63) is 35.9 Å². The monoisotopic (exact) mass is 289 g/mol. The van der Waals surface area contributed by atoms with E-state index in [1.807, 2.05) is 0 Å². The summed E-state index contributed by atoms with van der Waals surface area (Å²) >= 11 is 0. The molecule has 20 heavy (non-hydrogen) atoms. The van der Waals surface area contributed by atoms with Crippen molar-refractivity contribution >= 4 is 11.9 Å². The second-order valence-electron chi connectivity index (χ2n) is 4.24. The molecule has 1 rings (SSSR count). The number of alkyl halides is 3. The molecule has 0 saturated heterocycles. The first-order valence-electron chi connectivity index (χ1n) is 5.91. The van der Waals surface area contributed by atoms with Gasteiger partial charge in [-0.25, -0.2) is 0 Å². The minimum Gasteiger partial charge on any atom is -0.481 e. The Balaban J connectivity index is 2.66. The van der Waals surface area contributed by atoms with E-state index in [1.54, 1.807) is 30.3 Å². The molecule has 0 spiro atoms. The van der Waals surface area contributed by atoms with Crippen LogP contribution in [0.1, 0.15) is 30.9 Å². The third-order valence-corrected chi connectivity index (χ3v) is 2.55. The van der Waals surface area contributed by atoms with Gasteiger partial charge in [0.15, 0.2) is 0 Å². The van der Waals surface area contributed by atoms with Crippen LogP contribution < -0.4 is 5.32 Å². The van der Waals surface area contributed by atoms with Gasteiger partial charge in [0.05, 0.1) is 18.9 Å². The average molecular weight is 289 g/mol. The number of benzene rings is 1. The highest BCUT2D eigenvalue weighted by molar-refractivity contribution is 5.77. The highest BCUT2D eigenvalue weighted by Crippen LogP contribution is 2.22. The number of carbonyl (C=O) groups is 2. The molecule has 0 aromatic heterocycles. The lowest BCUT2D eigenvalue weighted by molar-refractivity contribution is -0.145. The molecule has 110 valence electrons. The number of hydrogen-bond donors (Lipinski definition) is 2. The van der Waals surface area contributed by atoms with Crippen molar-refractivity contribution in [2.24, 2.45) is 0 Å². The van der Waals surface area contributed by atoms with E-state index >= 15 is 0 Å². The number of amides is 1. The minimum absolute atomic E-state index is 0.387. The maximum absolute atomic E-state index is 12.0. The fourth-order valence-corrected chi connectivity index (χ4v) is 1.63. The van der Waals surface area contributed by atoms with Crippen LogP contribution in [0.25, 0.3) is 0 Å². The summed E-state index contributed by atoms with van der Waals surface area (Å²) in [5.74, 6) is -1.97. The number of carbonyl (C=O) groups excluding carboxylic acids is 1. The molecule has 1 aromatic rings. The van der Waals surface area contributed by atoms with Crippen LogP contribution in [0, 0.1) is 0 Å². The number of hydrogen-bond acceptors (Lipinski definition) is 2. The van der Waals surface area contributed by atoms with Crippen LogP contribution in [0.15, 0.2) is 30.3 Å². The summed E-state index contributed by atoms with van der Waals surface area (Å²) in [5.41, 5.74) is 0.537. The predicted octanol–water partition coefficient (Wildman–Crippen LogP) is 2.66. The Bertz CT molecular complexity index is 460. The van der Waals surface area contributed by atoms with Crippen LogP contribution in [-0.2, 0) is 9.59 Å². The normalized spacial score (nSPS) is 12.8. The number of carboxylic acid groups (broad SMARTS) is 1. The maximum Gasteiger partial charge on any atom is 0.389 e. The molecule has 1 amide bonds. The van der Waals surface area contributed by atoms with E-state index in [0.29, 0.717) is 5.56 Å². The van der Waals surface area contributed by atoms with Gasteiger partial charge in [0.25, 0.3) is 0 Å². The van der Waals surface area contributed by atoms with Gasteiger partial charge in [-0.1, -0.05) is 30.3 Å². The Morgan fingerprint density at radius 1 is 1.20 bits per heavy atom. The number of rotatable bonds is 6. The molecule has 0 fully saturated rings. The molecule has 1 aromatic carbocycles. The molecule has 0 bridgehead atoms. The third-order valence-electron chi connectivity index (χ3n) is 2.55. The third kappa shape index (κ3) is 6.21. The zero-order valence-electron chi connectivity index (χ0n) is 10.5. The van der Waals surface area contributed by atoms with Gasteiger partial charge in [-0.15, -0.1) is 0 Å². The van der Waals surface area contributed by atoms with Gasteiger partial charge >= 0.3 is 12.1 Å². The summed E-state index contributed by atoms with van der Waals surface area (Å²) in [6, 6.07) is 7.41. The van der Waals surface area contributed by atoms with E-state index in [9.17, 15) is 22.8 Å². The largest absolute Gasteiger partial charge is 0.481 e. The van der Waals surface area contributed by atoms with Crippen molar-refractivity contribution in [3.8, 4) is 0 Å². The van der Waals surface area contributed by atoms with Crippen molar-refractivity contribution < 1.29 is 27.9 Å². The number of carboxylic acids is 1. The van der Waals surface area contributed by atoms with Gasteiger partial charge in [-0.2, -0.15) is 13.2 Å². The number of halogens is 3. The summed E-state index contributed by atoms with van der Waals surface area (Å²) < 4.78 is 36.0. The second kappa shape index (κ2) is 6.93. The van der Waals surface area contributed by atoms with E-state index in [-0.39, 0.29) is 6.42 Å². The van der Waals surface area contributed by atoms with Crippen LogP contribution in [0.3, 0.4) is 0 Å². The molecule has 2 N–H and O–H groups in total. The molecule has 0 aliphatic rings. The van der Waals surface area contributed by atoms with Crippen molar-refractivity contribution in [2.75, 3.05) is 0 Å². The van der Waals surface area contributed by atoms with Crippen LogP contribution >= 0.6 is 0 Å². The van der Waals surface area contributed by atoms with E-state index < -0.39 is 36.9 Å². The molecule has 0 unspecified atom stereocenters. The standard InChI is InChI=1S/C13H14F3NO3/c14-13(15,16)7-6-11(18)17-10(8-12(19)20)9-4-2-1-3-5-9/h1-5,10H,6-8H2,(H,17,18)(H,19,20)/t10-/m1/s1. The van der Waals surface area contributed by atoms with Crippen molar-refractivity contribution in [3.63, 3.8) is 0 Å². The summed E-state index contributed by atoms with van der Waals surface area (Å²) in [6.45, 7) is 0. The molecule has 0 aliphatic carbocycles. The van der Waals surface area contributed by atoms with Crippen LogP contribution in [0.5, 0.6) is 0 Å². The van der Waals surface area contributed by atoms with Crippen LogP contribution in [0.2, 0.25) is 0 Å². The molecular formula is C13H14F3NO3. The SMILES string of the molecule is O=C(O)C[C@@H](NC(=O)CCC(F)(F)F)c1ccccc1. The van der Waals surface area contributed by atoms with Crippen molar-refractivity contribution in [1.82, 2.24) is 5.32 Å². The smallest absolute Gasteiger partial charge is 0.389 e. The summed E-state index contributed by atoms with van der Waals surface area (Å²) in [4.78, 5) is 22.2. The molecule has 1 atom stereocenters. The fraction of sp³-hybridized carbons (Fsp3) is 0.385. The van der Waals surface area contributed by atoms with E-state index in [1.165, 1.54) is 0 Å². The Hall–Kier alpha value is -2.05. The van der Waals surface area contributed by atoms with Gasteiger partial charge in [0, 0.05) is 6.42 Å². The van der Waals surface area contributed by atoms with Gasteiger partial charge in [0.1, 0.15) is 0 Å². The molecule has 0 saturated carbocycles. The van der Waals surface area contributed by atoms with Crippen molar-refractivity contribution in [2.45, 2.75) is 31.5 Å². The molecule has 0 aliphatic heterocycles. The number of aliphatic carboxylic acids is 1. The molecular weight excluding hydrogens is 275 g/mol. The highest BCUT2D eigenvalue weighted by atomic mass is 19.4. The summed E-state index contributed by atoms with van der Waals surface area (Å²) in [7, 11) is 0. The Kier molecular flexibility index (Phi) is 5.54. The number of nitrogens with one attached hydrogen (secondary N) is 1. The lowest BCUT2D eigenvalue weighted by Gasteiger charge is -2.17. The molecule has 7 heteroatoms. The topological polar surface area (TPSA) is 66.4 Å². The fourth-order valence-electron chi connectivity index (χ4n) is 1.63. The van der Waals surface area contributed by atoms with Gasteiger partial charge in [-0.05, 0) is 5.56 Å². The summed E-state index contributed by atoms with van der Waals surface area (Å²) in [6.07, 6.45) is -6.74. The quantitative estimate of drug-likeness (QED) is 0.846. The average Bonchev–Trinajstić information content (AvgIpc) is 2.35. The van der Waals surface area contributed by atoms with E-state index in [0.717, 1.165) is 0 Å². The molecule has 0 heterocycles. The second-order valence-corrected chi connectivity index (χ2v) is 4.24. The molecule has 4 nitrogen and oxygen atoms in total. The lowest BCUT2D eigenvalue weighted by Crippen LogP contribution is -2.30. The predicted molar refractivity (Wildman–Crippen MR) is 64.9 cm³/mol. The Morgan fingerprint density at radius 2 is 1.80 bits per heavy atom. The van der Waals surface area contributed by atoms with Crippen molar-refractivity contribution in [1.29, 1.82) is 0 Å². The zero-order chi connectivity index (χ0) is 15.2. The minimum atomic E-state index is -4.41. The first kappa shape index (κ1) is 16.0. The van der Waals surface area contributed by atoms with Crippen LogP contribution in [0.4, 0.5) is 13.2 Å². The Labute approximate surface area is 113 Å². The van der Waals surface area contributed by atoms with E-state index in [2.05, 4.69) is 5.32 Å². The van der Waals surface area contributed by atoms with Gasteiger partial charge in [0.2, 0.25) is 5.91 Å². The van der Waals surface area contributed by atoms with Gasteiger partial charge in [-0.3, -0.25) is 9.59 Å². The van der Waals surface area contributed by atoms with Crippen LogP contribution in [-0.4, -0.2) is 23.2 Å². The summed E-state index contributed by atoms with van der Waals surface area (Å²) in [5, 5.41) is 11.1. The van der Waals surface area contributed by atoms with E-state index in [4.69, 9.17) is 5.11 Å². The first-order valence-corrected chi connectivity index (χ1v) is 5.91. The maximum atomic E-state index is 12.0. The lowest BCUT2D eigenvalue weighted by atomic mass is 10.0. The molecule has 0 radical (unpaired) electrons. The zero-order valence-corrected chi connectivity index (χ0v) is 10.5. The Morgan fingerprint density at radius 3 is 2.30 bits per heavy atom. The first-order chi connectivity index (χ1) is 9.28. The highest BCUT2D eigenvalue weighted by Gasteiger charge is 2.28. The van der Waals surface area contributed by atoms with Gasteiger partial charge < -0.3 is 10.4 Å².